The van der Waals surface area contributed by atoms with E-state index in [1.54, 1.807) is 6.07 Å². The van der Waals surface area contributed by atoms with Crippen molar-refractivity contribution in [2.24, 2.45) is 0 Å². The number of nitrogens with zero attached hydrogens (tertiary/aromatic N) is 3. The number of hydrogen-bond donors (Lipinski definition) is 1. The highest BCUT2D eigenvalue weighted by Crippen LogP contribution is 2.33. The zero-order valence-electron chi connectivity index (χ0n) is 27.9. The van der Waals surface area contributed by atoms with Crippen molar-refractivity contribution in [1.82, 2.24) is 10.3 Å². The van der Waals surface area contributed by atoms with Crippen molar-refractivity contribution >= 4 is 45.5 Å². The Bertz CT molecular complexity index is 1630. The van der Waals surface area contributed by atoms with Crippen molar-refractivity contribution in [3.8, 4) is 0 Å². The number of pyridine rings is 1. The second kappa shape index (κ2) is 13.9. The zero-order chi connectivity index (χ0) is 33.9. The number of hydrogen-bond acceptors (Lipinski definition) is 9. The van der Waals surface area contributed by atoms with Crippen LogP contribution in [0, 0.1) is 0 Å². The monoisotopic (exact) mass is 706 g/mol. The van der Waals surface area contributed by atoms with E-state index in [1.807, 2.05) is 84.0 Å². The minimum atomic E-state index is -0.661. The van der Waals surface area contributed by atoms with E-state index in [-0.39, 0.29) is 18.3 Å². The molecule has 0 aliphatic carbocycles. The number of esters is 2. The van der Waals surface area contributed by atoms with Crippen LogP contribution in [0.4, 0.5) is 16.3 Å². The molecule has 0 saturated carbocycles. The zero-order valence-corrected chi connectivity index (χ0v) is 29.5. The van der Waals surface area contributed by atoms with Gasteiger partial charge >= 0.3 is 18.0 Å². The maximum absolute atomic E-state index is 13.7. The topological polar surface area (TPSA) is 110 Å². The van der Waals surface area contributed by atoms with Gasteiger partial charge in [0.15, 0.2) is 5.69 Å². The summed E-state index contributed by atoms with van der Waals surface area (Å²) in [5.41, 5.74) is 3.18. The summed E-state index contributed by atoms with van der Waals surface area (Å²) in [6, 6.07) is 17.2. The van der Waals surface area contributed by atoms with Gasteiger partial charge < -0.3 is 29.3 Å². The summed E-state index contributed by atoms with van der Waals surface area (Å²) in [6.45, 7) is 13.5. The number of aromatic nitrogens is 1. The molecular weight excluding hydrogens is 664 g/mol. The molecule has 3 aromatic rings. The third-order valence-electron chi connectivity index (χ3n) is 7.78. The van der Waals surface area contributed by atoms with E-state index >= 15 is 0 Å². The van der Waals surface area contributed by atoms with Crippen LogP contribution in [0.15, 0.2) is 59.1 Å². The first-order chi connectivity index (χ1) is 22.1. The number of ether oxygens (including phenoxy) is 3. The molecule has 1 saturated heterocycles. The molecule has 0 bridgehead atoms. The number of rotatable bonds is 7. The smallest absolute Gasteiger partial charge is 0.407 e. The highest BCUT2D eigenvalue weighted by atomic mass is 79.9. The average Bonchev–Trinajstić information content (AvgIpc) is 3.46. The summed E-state index contributed by atoms with van der Waals surface area (Å²) < 4.78 is 17.4. The van der Waals surface area contributed by atoms with Gasteiger partial charge in [-0.05, 0) is 111 Å². The molecule has 0 spiro atoms. The van der Waals surface area contributed by atoms with Gasteiger partial charge in [-0.2, -0.15) is 0 Å². The van der Waals surface area contributed by atoms with Gasteiger partial charge in [0.2, 0.25) is 0 Å². The Hall–Kier alpha value is -4.12. The predicted molar refractivity (Wildman–Crippen MR) is 184 cm³/mol. The standard InChI is InChI=1S/C36H43BrN4O6/c1-35(2,3)46-33(43)31-29(37)12-13-30(39-31)41-16-14-24-18-26(40-17-15-25(20-40)38-34(44)47-36(4,5)6)19-27(28(24)21-41)32(42)45-22-23-10-8-7-9-11-23/h7-13,18-19,25H,14-17,20-22H2,1-6H3,(H,38,44). The molecule has 2 aliphatic rings. The third-order valence-corrected chi connectivity index (χ3v) is 8.42. The van der Waals surface area contributed by atoms with Crippen molar-refractivity contribution in [1.29, 1.82) is 0 Å². The van der Waals surface area contributed by atoms with Crippen LogP contribution in [0.25, 0.3) is 0 Å². The fourth-order valence-corrected chi connectivity index (χ4v) is 6.06. The molecule has 10 nitrogen and oxygen atoms in total. The summed E-state index contributed by atoms with van der Waals surface area (Å²) in [7, 11) is 0. The number of fused-ring (bicyclic) bond motifs is 1. The number of halogens is 1. The molecular formula is C36H43BrN4O6. The Morgan fingerprint density at radius 2 is 1.64 bits per heavy atom. The highest BCUT2D eigenvalue weighted by molar-refractivity contribution is 9.10. The molecule has 2 aliphatic heterocycles. The van der Waals surface area contributed by atoms with Gasteiger partial charge in [-0.15, -0.1) is 0 Å². The predicted octanol–water partition coefficient (Wildman–Crippen LogP) is 6.82. The number of carbonyl (C=O) groups excluding carboxylic acids is 3. The van der Waals surface area contributed by atoms with Gasteiger partial charge in [0.25, 0.3) is 0 Å². The van der Waals surface area contributed by atoms with Gasteiger partial charge in [0.05, 0.1) is 16.1 Å². The molecule has 47 heavy (non-hydrogen) atoms. The summed E-state index contributed by atoms with van der Waals surface area (Å²) in [5, 5.41) is 2.98. The normalized spacial score (nSPS) is 16.4. The molecule has 1 N–H and O–H groups in total. The van der Waals surface area contributed by atoms with Crippen molar-refractivity contribution in [2.45, 2.75) is 84.8 Å². The number of amides is 1. The molecule has 1 atom stereocenters. The first kappa shape index (κ1) is 34.2. The third kappa shape index (κ3) is 9.03. The molecule has 11 heteroatoms. The van der Waals surface area contributed by atoms with Gasteiger partial charge in [0.1, 0.15) is 23.6 Å². The van der Waals surface area contributed by atoms with Crippen LogP contribution in [-0.2, 0) is 33.8 Å². The van der Waals surface area contributed by atoms with Crippen molar-refractivity contribution in [2.75, 3.05) is 29.4 Å². The minimum absolute atomic E-state index is 0.0764. The van der Waals surface area contributed by atoms with E-state index in [4.69, 9.17) is 14.2 Å². The number of nitrogens with one attached hydrogen (secondary N) is 1. The Balaban J connectivity index is 1.40. The molecule has 250 valence electrons. The van der Waals surface area contributed by atoms with E-state index in [2.05, 4.69) is 42.1 Å². The average molecular weight is 708 g/mol. The van der Waals surface area contributed by atoms with E-state index < -0.39 is 29.2 Å². The summed E-state index contributed by atoms with van der Waals surface area (Å²) >= 11 is 3.45. The van der Waals surface area contributed by atoms with E-state index in [9.17, 15) is 14.4 Å². The lowest BCUT2D eigenvalue weighted by Crippen LogP contribution is -2.40. The van der Waals surface area contributed by atoms with Crippen LogP contribution in [-0.4, -0.2) is 59.9 Å². The summed E-state index contributed by atoms with van der Waals surface area (Å²) in [4.78, 5) is 48.0. The fourth-order valence-electron chi connectivity index (χ4n) is 5.68. The number of anilines is 2. The lowest BCUT2D eigenvalue weighted by molar-refractivity contribution is 0.00612. The lowest BCUT2D eigenvalue weighted by atomic mass is 9.93. The van der Waals surface area contributed by atoms with Crippen LogP contribution in [0.5, 0.6) is 0 Å². The van der Waals surface area contributed by atoms with Crippen molar-refractivity contribution < 1.29 is 28.6 Å². The van der Waals surface area contributed by atoms with E-state index in [0.29, 0.717) is 41.9 Å². The quantitative estimate of drug-likeness (QED) is 0.209. The Labute approximate surface area is 284 Å². The van der Waals surface area contributed by atoms with Crippen LogP contribution < -0.4 is 15.1 Å². The van der Waals surface area contributed by atoms with Crippen LogP contribution in [0.1, 0.15) is 85.5 Å². The number of carbonyl (C=O) groups is 3. The maximum atomic E-state index is 13.7. The van der Waals surface area contributed by atoms with E-state index in [0.717, 1.165) is 35.3 Å². The van der Waals surface area contributed by atoms with Gasteiger partial charge in [-0.25, -0.2) is 19.4 Å². The molecule has 1 fully saturated rings. The maximum Gasteiger partial charge on any atom is 0.407 e. The fraction of sp³-hybridized carbons (Fsp3) is 0.444. The number of benzene rings is 2. The highest BCUT2D eigenvalue weighted by Gasteiger charge is 2.31. The van der Waals surface area contributed by atoms with E-state index in [1.165, 1.54) is 0 Å². The van der Waals surface area contributed by atoms with Crippen molar-refractivity contribution in [3.05, 3.63) is 87.0 Å². The molecule has 1 amide bonds. The molecule has 1 aromatic heterocycles. The van der Waals surface area contributed by atoms with Crippen LogP contribution >= 0.6 is 15.9 Å². The Morgan fingerprint density at radius 3 is 2.34 bits per heavy atom. The molecule has 2 aromatic carbocycles. The van der Waals surface area contributed by atoms with Crippen molar-refractivity contribution in [3.63, 3.8) is 0 Å². The van der Waals surface area contributed by atoms with Crippen LogP contribution in [0.2, 0.25) is 0 Å². The van der Waals surface area contributed by atoms with Gasteiger partial charge in [-0.1, -0.05) is 30.3 Å². The first-order valence-electron chi connectivity index (χ1n) is 15.9. The second-order valence-electron chi connectivity index (χ2n) is 13.9. The second-order valence-corrected chi connectivity index (χ2v) is 14.8. The van der Waals surface area contributed by atoms with Crippen LogP contribution in [0.3, 0.4) is 0 Å². The van der Waals surface area contributed by atoms with Gasteiger partial charge in [0, 0.05) is 31.9 Å². The minimum Gasteiger partial charge on any atom is -0.457 e. The Kier molecular flexibility index (Phi) is 10.1. The van der Waals surface area contributed by atoms with Gasteiger partial charge in [-0.3, -0.25) is 0 Å². The summed E-state index contributed by atoms with van der Waals surface area (Å²) in [6.07, 6.45) is 0.985. The molecule has 3 heterocycles. The summed E-state index contributed by atoms with van der Waals surface area (Å²) in [5.74, 6) is -0.304. The number of alkyl carbamates (subject to hydrolysis) is 1. The molecule has 5 rings (SSSR count). The lowest BCUT2D eigenvalue weighted by Gasteiger charge is -2.32. The SMILES string of the molecule is CC(C)(C)OC(=O)NC1CCN(c2cc3c(c(C(=O)OCc4ccccc4)c2)CN(c2ccc(Br)c(C(=O)OC(C)(C)C)n2)CC3)C1. The first-order valence-corrected chi connectivity index (χ1v) is 16.7. The Morgan fingerprint density at radius 1 is 0.915 bits per heavy atom. The largest absolute Gasteiger partial charge is 0.457 e. The molecule has 1 unspecified atom stereocenters. The molecule has 0 radical (unpaired) electrons.